The van der Waals surface area contributed by atoms with Crippen LogP contribution < -0.4 is 10.5 Å². The van der Waals surface area contributed by atoms with Crippen molar-refractivity contribution in [2.24, 2.45) is 5.92 Å². The molecule has 0 aromatic carbocycles. The standard InChI is InChI=1S/C13H14N8O/c1-9-6-19(7-9)11-4-12(15-8-14-11)21-13(22)10(5-17-21)20-3-2-16-18-20/h2-5,8-9,17H,6-7H2,1H3. The molecule has 22 heavy (non-hydrogen) atoms. The minimum absolute atomic E-state index is 0.243. The van der Waals surface area contributed by atoms with Crippen molar-refractivity contribution in [1.82, 2.24) is 34.7 Å². The number of aromatic nitrogens is 7. The molecule has 0 saturated carbocycles. The van der Waals surface area contributed by atoms with Crippen LogP contribution in [-0.2, 0) is 0 Å². The Morgan fingerprint density at radius 1 is 1.27 bits per heavy atom. The van der Waals surface area contributed by atoms with Crippen LogP contribution in [0, 0.1) is 5.92 Å². The van der Waals surface area contributed by atoms with Crippen LogP contribution in [0.2, 0.25) is 0 Å². The number of H-pyrrole nitrogens is 1. The van der Waals surface area contributed by atoms with E-state index >= 15 is 0 Å². The highest BCUT2D eigenvalue weighted by Crippen LogP contribution is 2.22. The summed E-state index contributed by atoms with van der Waals surface area (Å²) in [4.78, 5) is 23.0. The number of nitrogens with zero attached hydrogens (tertiary/aromatic N) is 7. The van der Waals surface area contributed by atoms with Gasteiger partial charge in [0, 0.05) is 19.2 Å². The van der Waals surface area contributed by atoms with E-state index in [0.29, 0.717) is 17.4 Å². The molecule has 1 aliphatic heterocycles. The fourth-order valence-corrected chi connectivity index (χ4v) is 2.55. The summed E-state index contributed by atoms with van der Waals surface area (Å²) in [5.74, 6) is 2.00. The molecule has 0 spiro atoms. The van der Waals surface area contributed by atoms with Gasteiger partial charge in [-0.05, 0) is 5.92 Å². The summed E-state index contributed by atoms with van der Waals surface area (Å²) >= 11 is 0. The molecule has 0 aliphatic carbocycles. The Kier molecular flexibility index (Phi) is 2.78. The van der Waals surface area contributed by atoms with E-state index in [-0.39, 0.29) is 5.56 Å². The van der Waals surface area contributed by atoms with Crippen molar-refractivity contribution in [3.05, 3.63) is 41.3 Å². The third kappa shape index (κ3) is 1.98. The average Bonchev–Trinajstić information content (AvgIpc) is 3.13. The van der Waals surface area contributed by atoms with E-state index in [0.717, 1.165) is 18.9 Å². The van der Waals surface area contributed by atoms with Gasteiger partial charge in [-0.2, -0.15) is 4.68 Å². The Morgan fingerprint density at radius 2 is 2.09 bits per heavy atom. The van der Waals surface area contributed by atoms with Crippen molar-refractivity contribution in [2.75, 3.05) is 18.0 Å². The van der Waals surface area contributed by atoms with E-state index in [1.54, 1.807) is 18.5 Å². The molecule has 4 rings (SSSR count). The summed E-state index contributed by atoms with van der Waals surface area (Å²) < 4.78 is 2.78. The van der Waals surface area contributed by atoms with E-state index in [1.807, 2.05) is 0 Å². The highest BCUT2D eigenvalue weighted by atomic mass is 16.1. The smallest absolute Gasteiger partial charge is 0.298 e. The zero-order valence-electron chi connectivity index (χ0n) is 11.9. The Hall–Kier alpha value is -2.97. The summed E-state index contributed by atoms with van der Waals surface area (Å²) in [6, 6.07) is 1.80. The number of hydrogen-bond donors (Lipinski definition) is 1. The molecule has 0 unspecified atom stereocenters. The van der Waals surface area contributed by atoms with Gasteiger partial charge in [0.25, 0.3) is 5.56 Å². The molecule has 0 atom stereocenters. The van der Waals surface area contributed by atoms with Crippen molar-refractivity contribution in [3.8, 4) is 11.5 Å². The summed E-state index contributed by atoms with van der Waals surface area (Å²) in [5, 5.41) is 10.4. The van der Waals surface area contributed by atoms with Crippen molar-refractivity contribution < 1.29 is 0 Å². The predicted molar refractivity (Wildman–Crippen MR) is 78.3 cm³/mol. The van der Waals surface area contributed by atoms with Gasteiger partial charge >= 0.3 is 0 Å². The second kappa shape index (κ2) is 4.79. The molecule has 112 valence electrons. The molecular formula is C13H14N8O. The zero-order valence-corrected chi connectivity index (χ0v) is 11.9. The monoisotopic (exact) mass is 298 g/mol. The third-order valence-electron chi connectivity index (χ3n) is 3.68. The number of aromatic amines is 1. The summed E-state index contributed by atoms with van der Waals surface area (Å²) in [5.41, 5.74) is 0.141. The topological polar surface area (TPSA) is 97.5 Å². The molecule has 1 saturated heterocycles. The van der Waals surface area contributed by atoms with Gasteiger partial charge in [-0.3, -0.25) is 9.89 Å². The third-order valence-corrected chi connectivity index (χ3v) is 3.68. The summed E-state index contributed by atoms with van der Waals surface area (Å²) in [6.45, 7) is 4.14. The Balaban J connectivity index is 1.71. The van der Waals surface area contributed by atoms with Gasteiger partial charge in [0.15, 0.2) is 11.5 Å². The maximum atomic E-state index is 12.5. The fraction of sp³-hybridized carbons (Fsp3) is 0.308. The van der Waals surface area contributed by atoms with Crippen LogP contribution in [0.25, 0.3) is 11.5 Å². The number of anilines is 1. The van der Waals surface area contributed by atoms with Crippen molar-refractivity contribution >= 4 is 5.82 Å². The minimum atomic E-state index is -0.243. The van der Waals surface area contributed by atoms with Crippen LogP contribution in [0.15, 0.2) is 35.8 Å². The highest BCUT2D eigenvalue weighted by Gasteiger charge is 2.24. The first kappa shape index (κ1) is 12.7. The van der Waals surface area contributed by atoms with E-state index in [2.05, 4.69) is 37.2 Å². The highest BCUT2D eigenvalue weighted by molar-refractivity contribution is 5.46. The van der Waals surface area contributed by atoms with Gasteiger partial charge in [0.05, 0.1) is 18.6 Å². The molecule has 3 aromatic heterocycles. The molecule has 0 amide bonds. The minimum Gasteiger partial charge on any atom is -0.356 e. The lowest BCUT2D eigenvalue weighted by Gasteiger charge is -2.38. The van der Waals surface area contributed by atoms with Gasteiger partial charge in [0.2, 0.25) is 0 Å². The van der Waals surface area contributed by atoms with Crippen LogP contribution in [-0.4, -0.2) is 47.8 Å². The SMILES string of the molecule is CC1CN(c2cc(-n3[nH]cc(-n4ccnn4)c3=O)ncn2)C1. The largest absolute Gasteiger partial charge is 0.356 e. The molecule has 1 aliphatic rings. The van der Waals surface area contributed by atoms with E-state index < -0.39 is 0 Å². The quantitative estimate of drug-likeness (QED) is 0.730. The van der Waals surface area contributed by atoms with Crippen molar-refractivity contribution in [3.63, 3.8) is 0 Å². The average molecular weight is 298 g/mol. The van der Waals surface area contributed by atoms with Crippen LogP contribution in [0.3, 0.4) is 0 Å². The van der Waals surface area contributed by atoms with Crippen molar-refractivity contribution in [1.29, 1.82) is 0 Å². The normalized spacial score (nSPS) is 15.0. The van der Waals surface area contributed by atoms with Crippen LogP contribution in [0.1, 0.15) is 6.92 Å². The molecule has 1 fully saturated rings. The maximum absolute atomic E-state index is 12.5. The Morgan fingerprint density at radius 3 is 2.82 bits per heavy atom. The Labute approximate surface area is 125 Å². The lowest BCUT2D eigenvalue weighted by atomic mass is 10.0. The van der Waals surface area contributed by atoms with Gasteiger partial charge in [0.1, 0.15) is 12.1 Å². The van der Waals surface area contributed by atoms with Crippen LogP contribution in [0.5, 0.6) is 0 Å². The van der Waals surface area contributed by atoms with E-state index in [4.69, 9.17) is 0 Å². The lowest BCUT2D eigenvalue weighted by Crippen LogP contribution is -2.45. The van der Waals surface area contributed by atoms with Crippen molar-refractivity contribution in [2.45, 2.75) is 6.92 Å². The lowest BCUT2D eigenvalue weighted by molar-refractivity contribution is 0.443. The maximum Gasteiger partial charge on any atom is 0.298 e. The van der Waals surface area contributed by atoms with E-state index in [1.165, 1.54) is 21.9 Å². The van der Waals surface area contributed by atoms with Crippen LogP contribution >= 0.6 is 0 Å². The van der Waals surface area contributed by atoms with Gasteiger partial charge < -0.3 is 4.90 Å². The van der Waals surface area contributed by atoms with E-state index in [9.17, 15) is 4.79 Å². The van der Waals surface area contributed by atoms with Crippen LogP contribution in [0.4, 0.5) is 5.82 Å². The number of hydrogen-bond acceptors (Lipinski definition) is 6. The molecule has 1 N–H and O–H groups in total. The number of nitrogens with one attached hydrogen (secondary N) is 1. The second-order valence-electron chi connectivity index (χ2n) is 5.39. The first-order chi connectivity index (χ1) is 10.7. The molecule has 3 aromatic rings. The zero-order chi connectivity index (χ0) is 15.1. The molecule has 9 heteroatoms. The fourth-order valence-electron chi connectivity index (χ4n) is 2.55. The summed E-state index contributed by atoms with van der Waals surface area (Å²) in [7, 11) is 0. The number of rotatable bonds is 3. The summed E-state index contributed by atoms with van der Waals surface area (Å²) in [6.07, 6.45) is 6.17. The molecule has 0 radical (unpaired) electrons. The first-order valence-electron chi connectivity index (χ1n) is 6.97. The molecule has 0 bridgehead atoms. The van der Waals surface area contributed by atoms with Gasteiger partial charge in [-0.15, -0.1) is 5.10 Å². The Bertz CT molecular complexity index is 843. The predicted octanol–water partition coefficient (Wildman–Crippen LogP) is -0.00760. The molecular weight excluding hydrogens is 284 g/mol. The first-order valence-corrected chi connectivity index (χ1v) is 6.97. The van der Waals surface area contributed by atoms with Gasteiger partial charge in [-0.1, -0.05) is 12.1 Å². The molecule has 4 heterocycles. The second-order valence-corrected chi connectivity index (χ2v) is 5.39. The van der Waals surface area contributed by atoms with Gasteiger partial charge in [-0.25, -0.2) is 14.6 Å². The molecule has 9 nitrogen and oxygen atoms in total.